The van der Waals surface area contributed by atoms with Gasteiger partial charge >= 0.3 is 5.69 Å². The molecule has 0 saturated carbocycles. The van der Waals surface area contributed by atoms with E-state index in [1.54, 1.807) is 6.92 Å². The molecule has 4 nitrogen and oxygen atoms in total. The SMILES string of the molecule is C=C(C)c1cc(Cl)c(O)c([N+](=O)[O-])c1. The van der Waals surface area contributed by atoms with Crippen LogP contribution in [-0.2, 0) is 0 Å². The van der Waals surface area contributed by atoms with Gasteiger partial charge in [-0.15, -0.1) is 0 Å². The van der Waals surface area contributed by atoms with Gasteiger partial charge in [-0.05, 0) is 18.6 Å². The van der Waals surface area contributed by atoms with Gasteiger partial charge in [0.25, 0.3) is 0 Å². The summed E-state index contributed by atoms with van der Waals surface area (Å²) in [5, 5.41) is 19.7. The van der Waals surface area contributed by atoms with Crippen molar-refractivity contribution in [2.24, 2.45) is 0 Å². The van der Waals surface area contributed by atoms with E-state index in [0.29, 0.717) is 11.1 Å². The second-order valence-electron chi connectivity index (χ2n) is 2.86. The van der Waals surface area contributed by atoms with E-state index in [1.165, 1.54) is 12.1 Å². The lowest BCUT2D eigenvalue weighted by Gasteiger charge is -2.03. The van der Waals surface area contributed by atoms with E-state index in [1.807, 2.05) is 0 Å². The molecule has 0 atom stereocenters. The van der Waals surface area contributed by atoms with Crippen LogP contribution in [0.4, 0.5) is 5.69 Å². The van der Waals surface area contributed by atoms with Gasteiger partial charge in [0.15, 0.2) is 0 Å². The van der Waals surface area contributed by atoms with Crippen molar-refractivity contribution >= 4 is 22.9 Å². The summed E-state index contributed by atoms with van der Waals surface area (Å²) in [5.74, 6) is -0.512. The third-order valence-corrected chi connectivity index (χ3v) is 2.02. The summed E-state index contributed by atoms with van der Waals surface area (Å²) in [4.78, 5) is 9.82. The number of nitro benzene ring substituents is 1. The van der Waals surface area contributed by atoms with Gasteiger partial charge in [-0.1, -0.05) is 23.8 Å². The summed E-state index contributed by atoms with van der Waals surface area (Å²) in [6, 6.07) is 2.68. The van der Waals surface area contributed by atoms with Crippen LogP contribution in [0, 0.1) is 10.1 Å². The predicted molar refractivity (Wildman–Crippen MR) is 54.5 cm³/mol. The summed E-state index contributed by atoms with van der Waals surface area (Å²) in [5.41, 5.74) is 0.782. The molecule has 0 heterocycles. The maximum atomic E-state index is 10.5. The molecule has 0 unspecified atom stereocenters. The van der Waals surface area contributed by atoms with Crippen LogP contribution in [0.1, 0.15) is 12.5 Å². The van der Waals surface area contributed by atoms with Crippen LogP contribution in [0.5, 0.6) is 5.75 Å². The van der Waals surface area contributed by atoms with Crippen LogP contribution < -0.4 is 0 Å². The average molecular weight is 214 g/mol. The minimum Gasteiger partial charge on any atom is -0.501 e. The van der Waals surface area contributed by atoms with E-state index < -0.39 is 16.4 Å². The maximum Gasteiger partial charge on any atom is 0.312 e. The molecule has 0 aliphatic carbocycles. The van der Waals surface area contributed by atoms with Crippen LogP contribution in [-0.4, -0.2) is 10.0 Å². The monoisotopic (exact) mass is 213 g/mol. The molecule has 1 rings (SSSR count). The smallest absolute Gasteiger partial charge is 0.312 e. The zero-order valence-corrected chi connectivity index (χ0v) is 8.21. The lowest BCUT2D eigenvalue weighted by Crippen LogP contribution is -1.91. The van der Waals surface area contributed by atoms with Crippen molar-refractivity contribution in [3.05, 3.63) is 39.4 Å². The first kappa shape index (κ1) is 10.5. The molecule has 1 N–H and O–H groups in total. The Morgan fingerprint density at radius 3 is 2.64 bits per heavy atom. The number of rotatable bonds is 2. The number of phenolic OH excluding ortho intramolecular Hbond substituents is 1. The third kappa shape index (κ3) is 1.85. The minimum atomic E-state index is -0.687. The fourth-order valence-electron chi connectivity index (χ4n) is 0.970. The Morgan fingerprint density at radius 2 is 2.21 bits per heavy atom. The molecule has 1 aromatic rings. The molecule has 0 fully saturated rings. The van der Waals surface area contributed by atoms with Gasteiger partial charge < -0.3 is 5.11 Å². The van der Waals surface area contributed by atoms with E-state index in [2.05, 4.69) is 6.58 Å². The highest BCUT2D eigenvalue weighted by molar-refractivity contribution is 6.32. The topological polar surface area (TPSA) is 63.4 Å². The molecule has 0 aliphatic heterocycles. The van der Waals surface area contributed by atoms with Gasteiger partial charge in [0.1, 0.15) is 0 Å². The first-order valence-corrected chi connectivity index (χ1v) is 4.14. The molecule has 74 valence electrons. The van der Waals surface area contributed by atoms with E-state index in [-0.39, 0.29) is 5.02 Å². The Labute approximate surface area is 85.6 Å². The maximum absolute atomic E-state index is 10.5. The summed E-state index contributed by atoms with van der Waals surface area (Å²) in [6.45, 7) is 5.33. The van der Waals surface area contributed by atoms with Crippen LogP contribution in [0.2, 0.25) is 5.02 Å². The Bertz CT molecular complexity index is 415. The molecule has 0 amide bonds. The summed E-state index contributed by atoms with van der Waals surface area (Å²) in [7, 11) is 0. The fraction of sp³-hybridized carbons (Fsp3) is 0.111. The number of phenols is 1. The number of nitro groups is 1. The Morgan fingerprint density at radius 1 is 1.64 bits per heavy atom. The first-order valence-electron chi connectivity index (χ1n) is 3.76. The number of allylic oxidation sites excluding steroid dienone is 1. The van der Waals surface area contributed by atoms with Gasteiger partial charge in [0.05, 0.1) is 9.95 Å². The summed E-state index contributed by atoms with van der Waals surface area (Å²) < 4.78 is 0. The zero-order valence-electron chi connectivity index (χ0n) is 7.45. The predicted octanol–water partition coefficient (Wildman–Crippen LogP) is 2.99. The average Bonchev–Trinajstić information content (AvgIpc) is 2.08. The highest BCUT2D eigenvalue weighted by Gasteiger charge is 2.17. The van der Waals surface area contributed by atoms with Crippen LogP contribution in [0.3, 0.4) is 0 Å². The molecule has 0 aliphatic rings. The molecule has 0 saturated heterocycles. The summed E-state index contributed by atoms with van der Waals surface area (Å²) >= 11 is 5.61. The molecule has 1 aromatic carbocycles. The zero-order chi connectivity index (χ0) is 10.9. The Balaban J connectivity index is 3.43. The van der Waals surface area contributed by atoms with Crippen molar-refractivity contribution in [1.82, 2.24) is 0 Å². The number of benzene rings is 1. The van der Waals surface area contributed by atoms with E-state index in [4.69, 9.17) is 11.6 Å². The van der Waals surface area contributed by atoms with Crippen LogP contribution >= 0.6 is 11.6 Å². The lowest BCUT2D eigenvalue weighted by molar-refractivity contribution is -0.385. The molecular weight excluding hydrogens is 206 g/mol. The van der Waals surface area contributed by atoms with Crippen molar-refractivity contribution in [1.29, 1.82) is 0 Å². The standard InChI is InChI=1S/C9H8ClNO3/c1-5(2)6-3-7(10)9(12)8(4-6)11(13)14/h3-4,12H,1H2,2H3. The van der Waals surface area contributed by atoms with E-state index in [0.717, 1.165) is 0 Å². The number of halogens is 1. The van der Waals surface area contributed by atoms with Crippen molar-refractivity contribution in [3.63, 3.8) is 0 Å². The van der Waals surface area contributed by atoms with Crippen molar-refractivity contribution in [2.75, 3.05) is 0 Å². The quantitative estimate of drug-likeness (QED) is 0.607. The molecule has 0 spiro atoms. The van der Waals surface area contributed by atoms with Gasteiger partial charge in [-0.3, -0.25) is 10.1 Å². The van der Waals surface area contributed by atoms with Crippen molar-refractivity contribution in [3.8, 4) is 5.75 Å². The number of nitrogens with zero attached hydrogens (tertiary/aromatic N) is 1. The molecule has 0 radical (unpaired) electrons. The molecule has 0 aromatic heterocycles. The first-order chi connectivity index (χ1) is 6.43. The van der Waals surface area contributed by atoms with E-state index >= 15 is 0 Å². The third-order valence-electron chi connectivity index (χ3n) is 1.73. The minimum absolute atomic E-state index is 0.0443. The van der Waals surface area contributed by atoms with Crippen LogP contribution in [0.15, 0.2) is 18.7 Å². The molecule has 0 bridgehead atoms. The lowest BCUT2D eigenvalue weighted by atomic mass is 10.1. The van der Waals surface area contributed by atoms with Crippen LogP contribution in [0.25, 0.3) is 5.57 Å². The second kappa shape index (κ2) is 3.67. The largest absolute Gasteiger partial charge is 0.501 e. The normalized spacial score (nSPS) is 9.86. The second-order valence-corrected chi connectivity index (χ2v) is 3.27. The van der Waals surface area contributed by atoms with Gasteiger partial charge in [-0.2, -0.15) is 0 Å². The van der Waals surface area contributed by atoms with E-state index in [9.17, 15) is 15.2 Å². The fourth-order valence-corrected chi connectivity index (χ4v) is 1.18. The van der Waals surface area contributed by atoms with Crippen molar-refractivity contribution < 1.29 is 10.0 Å². The summed E-state index contributed by atoms with van der Waals surface area (Å²) in [6.07, 6.45) is 0. The van der Waals surface area contributed by atoms with Gasteiger partial charge in [0, 0.05) is 6.07 Å². The van der Waals surface area contributed by atoms with Crippen molar-refractivity contribution in [2.45, 2.75) is 6.92 Å². The number of aromatic hydroxyl groups is 1. The Hall–Kier alpha value is -1.55. The molecule has 14 heavy (non-hydrogen) atoms. The Kier molecular flexibility index (Phi) is 2.76. The molecule has 5 heteroatoms. The number of hydrogen-bond acceptors (Lipinski definition) is 3. The van der Waals surface area contributed by atoms with Gasteiger partial charge in [0.2, 0.25) is 5.75 Å². The van der Waals surface area contributed by atoms with Gasteiger partial charge in [-0.25, -0.2) is 0 Å². The number of hydrogen-bond donors (Lipinski definition) is 1. The highest BCUT2D eigenvalue weighted by Crippen LogP contribution is 2.36. The highest BCUT2D eigenvalue weighted by atomic mass is 35.5. The molecular formula is C9H8ClNO3.